The predicted molar refractivity (Wildman–Crippen MR) is 46.7 cm³/mol. The summed E-state index contributed by atoms with van der Waals surface area (Å²) in [5.41, 5.74) is 0. The van der Waals surface area contributed by atoms with Crippen molar-refractivity contribution in [3.05, 3.63) is 24.0 Å². The highest BCUT2D eigenvalue weighted by Crippen LogP contribution is 2.16. The minimum absolute atomic E-state index is 0.654. The summed E-state index contributed by atoms with van der Waals surface area (Å²) < 4.78 is 5.66. The molecule has 0 saturated heterocycles. The Hall–Kier alpha value is 0.01000. The summed E-state index contributed by atoms with van der Waals surface area (Å²) in [4.78, 5) is 0. The van der Waals surface area contributed by atoms with E-state index in [-0.39, 0.29) is 0 Å². The van der Waals surface area contributed by atoms with Gasteiger partial charge in [-0.1, -0.05) is 28.7 Å². The molecule has 0 spiro atoms. The van der Waals surface area contributed by atoms with Crippen LogP contribution >= 0.6 is 22.6 Å². The van der Waals surface area contributed by atoms with Gasteiger partial charge >= 0.3 is 0 Å². The molecule has 1 rings (SSSR count). The highest BCUT2D eigenvalue weighted by molar-refractivity contribution is 14.1. The van der Waals surface area contributed by atoms with Crippen LogP contribution in [0.2, 0.25) is 0 Å². The Kier molecular flexibility index (Phi) is 2.57. The van der Waals surface area contributed by atoms with Crippen molar-refractivity contribution in [2.75, 3.05) is 7.11 Å². The van der Waals surface area contributed by atoms with Gasteiger partial charge in [-0.25, -0.2) is 0 Å². The van der Waals surface area contributed by atoms with E-state index in [0.29, 0.717) is 3.92 Å². The lowest BCUT2D eigenvalue weighted by Gasteiger charge is -2.08. The zero-order chi connectivity index (χ0) is 6.69. The maximum atomic E-state index is 5.01. The van der Waals surface area contributed by atoms with Crippen molar-refractivity contribution < 1.29 is 4.74 Å². The van der Waals surface area contributed by atoms with Gasteiger partial charge in [0.1, 0.15) is 5.76 Å². The van der Waals surface area contributed by atoms with Crippen LogP contribution in [0.1, 0.15) is 6.42 Å². The molecule has 0 heterocycles. The lowest BCUT2D eigenvalue weighted by molar-refractivity contribution is 0.304. The van der Waals surface area contributed by atoms with E-state index in [1.807, 2.05) is 6.08 Å². The lowest BCUT2D eigenvalue weighted by atomic mass is 10.2. The molecule has 1 nitrogen and oxygen atoms in total. The van der Waals surface area contributed by atoms with Gasteiger partial charge in [-0.15, -0.1) is 0 Å². The van der Waals surface area contributed by atoms with E-state index in [1.54, 1.807) is 7.11 Å². The monoisotopic (exact) mass is 236 g/mol. The fraction of sp³-hybridized carbons (Fsp3) is 0.429. The van der Waals surface area contributed by atoms with Crippen LogP contribution in [-0.2, 0) is 4.74 Å². The Morgan fingerprint density at radius 1 is 1.78 bits per heavy atom. The minimum atomic E-state index is 0.654. The summed E-state index contributed by atoms with van der Waals surface area (Å²) in [5, 5.41) is 0. The fourth-order valence-corrected chi connectivity index (χ4v) is 1.19. The lowest BCUT2D eigenvalue weighted by Crippen LogP contribution is -1.96. The molecule has 0 N–H and O–H groups in total. The van der Waals surface area contributed by atoms with Gasteiger partial charge in [0.15, 0.2) is 0 Å². The summed E-state index contributed by atoms with van der Waals surface area (Å²) in [6.07, 6.45) is 7.37. The second-order valence-corrected chi connectivity index (χ2v) is 3.52. The molecular formula is C7H9IO. The van der Waals surface area contributed by atoms with Gasteiger partial charge in [0, 0.05) is 3.92 Å². The Bertz CT molecular complexity index is 149. The molecule has 1 aliphatic rings. The van der Waals surface area contributed by atoms with Crippen molar-refractivity contribution >= 4 is 22.6 Å². The van der Waals surface area contributed by atoms with E-state index >= 15 is 0 Å². The van der Waals surface area contributed by atoms with Gasteiger partial charge in [-0.05, 0) is 18.6 Å². The van der Waals surface area contributed by atoms with Crippen molar-refractivity contribution in [2.45, 2.75) is 10.3 Å². The standard InChI is InChI=1S/C7H9IO/c1-9-7-4-2-6(8)3-5-7/h2,4-6H,3H2,1H3. The molecule has 0 aliphatic heterocycles. The highest BCUT2D eigenvalue weighted by Gasteiger charge is 2.02. The average Bonchev–Trinajstić information content (AvgIpc) is 1.90. The number of allylic oxidation sites excluding steroid dienone is 3. The van der Waals surface area contributed by atoms with Crippen molar-refractivity contribution in [3.8, 4) is 0 Å². The highest BCUT2D eigenvalue weighted by atomic mass is 127. The third-order valence-corrected chi connectivity index (χ3v) is 2.17. The molecule has 0 fully saturated rings. The molecule has 0 amide bonds. The van der Waals surface area contributed by atoms with Gasteiger partial charge in [-0.3, -0.25) is 0 Å². The normalized spacial score (nSPS) is 25.6. The van der Waals surface area contributed by atoms with Crippen molar-refractivity contribution in [1.82, 2.24) is 0 Å². The molecule has 1 aliphatic carbocycles. The Balaban J connectivity index is 2.52. The van der Waals surface area contributed by atoms with E-state index in [9.17, 15) is 0 Å². The summed E-state index contributed by atoms with van der Waals surface area (Å²) >= 11 is 2.40. The van der Waals surface area contributed by atoms with Crippen LogP contribution in [-0.4, -0.2) is 11.0 Å². The van der Waals surface area contributed by atoms with Crippen LogP contribution < -0.4 is 0 Å². The zero-order valence-corrected chi connectivity index (χ0v) is 7.46. The summed E-state index contributed by atoms with van der Waals surface area (Å²) in [5.74, 6) is 0.989. The predicted octanol–water partition coefficient (Wildman–Crippen LogP) is 2.28. The number of halogens is 1. The van der Waals surface area contributed by atoms with Gasteiger partial charge in [0.2, 0.25) is 0 Å². The fourth-order valence-electron chi connectivity index (χ4n) is 0.726. The van der Waals surface area contributed by atoms with E-state index in [2.05, 4.69) is 34.7 Å². The third kappa shape index (κ3) is 2.01. The van der Waals surface area contributed by atoms with Crippen LogP contribution in [0.25, 0.3) is 0 Å². The second kappa shape index (κ2) is 3.25. The molecule has 2 heteroatoms. The Morgan fingerprint density at radius 2 is 2.56 bits per heavy atom. The van der Waals surface area contributed by atoms with E-state index in [4.69, 9.17) is 4.74 Å². The SMILES string of the molecule is COC1=CCC(I)C=C1. The first-order valence-corrected chi connectivity index (χ1v) is 4.14. The first-order valence-electron chi connectivity index (χ1n) is 2.89. The van der Waals surface area contributed by atoms with Gasteiger partial charge in [-0.2, -0.15) is 0 Å². The van der Waals surface area contributed by atoms with Gasteiger partial charge in [0.05, 0.1) is 7.11 Å². The maximum absolute atomic E-state index is 5.01. The summed E-state index contributed by atoms with van der Waals surface area (Å²) in [6, 6.07) is 0. The maximum Gasteiger partial charge on any atom is 0.114 e. The Labute approximate surface area is 68.9 Å². The number of rotatable bonds is 1. The van der Waals surface area contributed by atoms with Crippen LogP contribution in [0, 0.1) is 0 Å². The third-order valence-electron chi connectivity index (χ3n) is 1.25. The van der Waals surface area contributed by atoms with E-state index < -0.39 is 0 Å². The molecule has 0 aromatic rings. The van der Waals surface area contributed by atoms with Gasteiger partial charge in [0.25, 0.3) is 0 Å². The topological polar surface area (TPSA) is 9.23 Å². The van der Waals surface area contributed by atoms with E-state index in [1.165, 1.54) is 0 Å². The summed E-state index contributed by atoms with van der Waals surface area (Å²) in [6.45, 7) is 0. The zero-order valence-electron chi connectivity index (χ0n) is 5.30. The number of hydrogen-bond acceptors (Lipinski definition) is 1. The number of alkyl halides is 1. The first-order chi connectivity index (χ1) is 4.33. The van der Waals surface area contributed by atoms with Crippen LogP contribution in [0.3, 0.4) is 0 Å². The molecule has 0 bridgehead atoms. The molecule has 0 radical (unpaired) electrons. The molecule has 0 aromatic heterocycles. The Morgan fingerprint density at radius 3 is 3.00 bits per heavy atom. The van der Waals surface area contributed by atoms with Crippen molar-refractivity contribution in [1.29, 1.82) is 0 Å². The second-order valence-electron chi connectivity index (χ2n) is 1.92. The molecule has 0 aromatic carbocycles. The van der Waals surface area contributed by atoms with E-state index in [0.717, 1.165) is 12.2 Å². The number of methoxy groups -OCH3 is 1. The smallest absolute Gasteiger partial charge is 0.114 e. The molecule has 9 heavy (non-hydrogen) atoms. The molecule has 1 unspecified atom stereocenters. The molecular weight excluding hydrogens is 227 g/mol. The molecule has 1 atom stereocenters. The number of hydrogen-bond donors (Lipinski definition) is 0. The molecule has 0 saturated carbocycles. The van der Waals surface area contributed by atoms with Crippen molar-refractivity contribution in [2.24, 2.45) is 0 Å². The van der Waals surface area contributed by atoms with Crippen LogP contribution in [0.5, 0.6) is 0 Å². The average molecular weight is 236 g/mol. The van der Waals surface area contributed by atoms with Crippen molar-refractivity contribution in [3.63, 3.8) is 0 Å². The number of ether oxygens (including phenoxy) is 1. The largest absolute Gasteiger partial charge is 0.497 e. The van der Waals surface area contributed by atoms with Crippen LogP contribution in [0.15, 0.2) is 24.0 Å². The summed E-state index contributed by atoms with van der Waals surface area (Å²) in [7, 11) is 1.70. The molecule has 50 valence electrons. The quantitative estimate of drug-likeness (QED) is 0.501. The van der Waals surface area contributed by atoms with Gasteiger partial charge < -0.3 is 4.74 Å². The first kappa shape index (κ1) is 7.12. The minimum Gasteiger partial charge on any atom is -0.497 e. The van der Waals surface area contributed by atoms with Crippen LogP contribution in [0.4, 0.5) is 0 Å².